The number of aromatic amines is 1. The lowest BCUT2D eigenvalue weighted by atomic mass is 9.97. The van der Waals surface area contributed by atoms with E-state index in [4.69, 9.17) is 28.9 Å². The Bertz CT molecular complexity index is 1130. The topological polar surface area (TPSA) is 54.7 Å². The molecule has 0 radical (unpaired) electrons. The van der Waals surface area contributed by atoms with Gasteiger partial charge in [0.2, 0.25) is 0 Å². The molecule has 0 amide bonds. The molecule has 0 aliphatic carbocycles. The van der Waals surface area contributed by atoms with E-state index in [0.29, 0.717) is 16.6 Å². The van der Waals surface area contributed by atoms with Crippen LogP contribution in [0.15, 0.2) is 42.5 Å². The number of aryl methyl sites for hydroxylation is 2. The summed E-state index contributed by atoms with van der Waals surface area (Å²) in [5.74, 6) is 0. The lowest BCUT2D eigenvalue weighted by Crippen LogP contribution is -1.99. The summed E-state index contributed by atoms with van der Waals surface area (Å²) in [6.45, 7) is 2.70. The van der Waals surface area contributed by atoms with Gasteiger partial charge in [-0.3, -0.25) is 4.98 Å². The third-order valence-electron chi connectivity index (χ3n) is 4.95. The molecule has 0 atom stereocenters. The van der Waals surface area contributed by atoms with E-state index in [1.54, 1.807) is 6.07 Å². The number of rotatable bonds is 5. The lowest BCUT2D eigenvalue weighted by Gasteiger charge is -2.09. The lowest BCUT2D eigenvalue weighted by molar-refractivity contribution is 0.748. The summed E-state index contributed by atoms with van der Waals surface area (Å²) in [6.07, 6.45) is 2.91. The second kappa shape index (κ2) is 7.51. The zero-order valence-corrected chi connectivity index (χ0v) is 16.7. The van der Waals surface area contributed by atoms with Crippen LogP contribution in [0.5, 0.6) is 0 Å². The molecule has 27 heavy (non-hydrogen) atoms. The maximum Gasteiger partial charge on any atom is 0.0711 e. The minimum absolute atomic E-state index is 0.637. The number of benzene rings is 2. The van der Waals surface area contributed by atoms with Crippen molar-refractivity contribution in [3.63, 3.8) is 0 Å². The van der Waals surface area contributed by atoms with Gasteiger partial charge in [0.25, 0.3) is 0 Å². The van der Waals surface area contributed by atoms with Crippen LogP contribution >= 0.6 is 23.2 Å². The van der Waals surface area contributed by atoms with Gasteiger partial charge in [0.15, 0.2) is 0 Å². The molecule has 0 unspecified atom stereocenters. The number of H-pyrrole nitrogens is 1. The predicted molar refractivity (Wildman–Crippen MR) is 116 cm³/mol. The van der Waals surface area contributed by atoms with Gasteiger partial charge in [0.1, 0.15) is 0 Å². The number of nitrogens with one attached hydrogen (secondary N) is 1. The molecule has 2 heterocycles. The Morgan fingerprint density at radius 1 is 1.04 bits per heavy atom. The summed E-state index contributed by atoms with van der Waals surface area (Å²) < 4.78 is 0. The monoisotopic (exact) mass is 397 g/mol. The minimum atomic E-state index is 0.637. The first kappa shape index (κ1) is 18.3. The third kappa shape index (κ3) is 3.43. The molecule has 4 aromatic rings. The normalized spacial score (nSPS) is 11.6. The molecular formula is C22H21Cl2N3. The molecule has 138 valence electrons. The van der Waals surface area contributed by atoms with Crippen LogP contribution in [-0.4, -0.2) is 16.5 Å². The van der Waals surface area contributed by atoms with Crippen LogP contribution in [0, 0.1) is 6.92 Å². The Kier molecular flexibility index (Phi) is 5.09. The fourth-order valence-corrected chi connectivity index (χ4v) is 4.22. The van der Waals surface area contributed by atoms with Crippen LogP contribution in [0.25, 0.3) is 33.1 Å². The summed E-state index contributed by atoms with van der Waals surface area (Å²) in [5, 5.41) is 3.49. The van der Waals surface area contributed by atoms with E-state index in [-0.39, 0.29) is 0 Å². The largest absolute Gasteiger partial charge is 0.353 e. The number of unbranched alkanes of at least 4 members (excludes halogenated alkanes) is 1. The fraction of sp³-hybridized carbons (Fsp3) is 0.227. The highest BCUT2D eigenvalue weighted by atomic mass is 35.5. The Morgan fingerprint density at radius 3 is 2.70 bits per heavy atom. The number of hydrogen-bond donors (Lipinski definition) is 2. The number of halogens is 2. The first-order valence-corrected chi connectivity index (χ1v) is 9.90. The number of nitrogens with two attached hydrogens (primary N) is 1. The van der Waals surface area contributed by atoms with Crippen LogP contribution in [0.1, 0.15) is 24.1 Å². The van der Waals surface area contributed by atoms with Crippen LogP contribution in [0.4, 0.5) is 0 Å². The minimum Gasteiger partial charge on any atom is -0.353 e. The molecule has 2 aromatic heterocycles. The molecule has 0 bridgehead atoms. The van der Waals surface area contributed by atoms with Crippen molar-refractivity contribution in [3.8, 4) is 11.3 Å². The zero-order chi connectivity index (χ0) is 19.0. The summed E-state index contributed by atoms with van der Waals surface area (Å²) in [6, 6.07) is 14.2. The van der Waals surface area contributed by atoms with Gasteiger partial charge >= 0.3 is 0 Å². The molecule has 5 heteroatoms. The molecule has 0 aliphatic rings. The summed E-state index contributed by atoms with van der Waals surface area (Å²) in [4.78, 5) is 8.23. The van der Waals surface area contributed by atoms with E-state index in [2.05, 4.69) is 22.1 Å². The standard InChI is InChI=1S/C22H21Cl2N3/c1-13-8-9-15-16(6-4-7-20(15)26-13)21-17(5-2-3-10-25)18-11-14(23)12-19(24)22(18)27-21/h4,6-9,11-12,27H,2-3,5,10,25H2,1H3. The van der Waals surface area contributed by atoms with E-state index in [9.17, 15) is 0 Å². The molecule has 0 saturated carbocycles. The SMILES string of the molecule is Cc1ccc2c(-c3[nH]c4c(Cl)cc(Cl)cc4c3CCCCN)cccc2n1. The van der Waals surface area contributed by atoms with E-state index >= 15 is 0 Å². The maximum absolute atomic E-state index is 6.49. The molecule has 3 nitrogen and oxygen atoms in total. The highest BCUT2D eigenvalue weighted by Gasteiger charge is 2.17. The number of hydrogen-bond acceptors (Lipinski definition) is 2. The van der Waals surface area contributed by atoms with E-state index < -0.39 is 0 Å². The van der Waals surface area contributed by atoms with Gasteiger partial charge in [-0.1, -0.05) is 41.4 Å². The zero-order valence-electron chi connectivity index (χ0n) is 15.2. The van der Waals surface area contributed by atoms with Crippen molar-refractivity contribution in [2.24, 2.45) is 5.73 Å². The van der Waals surface area contributed by atoms with Crippen molar-refractivity contribution in [1.29, 1.82) is 0 Å². The molecule has 4 rings (SSSR count). The average Bonchev–Trinajstić information content (AvgIpc) is 3.00. The predicted octanol–water partition coefficient (Wildman–Crippen LogP) is 6.28. The molecule has 2 aromatic carbocycles. The molecule has 3 N–H and O–H groups in total. The first-order chi connectivity index (χ1) is 13.1. The van der Waals surface area contributed by atoms with Crippen molar-refractivity contribution in [1.82, 2.24) is 9.97 Å². The smallest absolute Gasteiger partial charge is 0.0711 e. The number of nitrogens with zero attached hydrogens (tertiary/aromatic N) is 1. The van der Waals surface area contributed by atoms with Crippen molar-refractivity contribution < 1.29 is 0 Å². The van der Waals surface area contributed by atoms with Gasteiger partial charge in [-0.15, -0.1) is 0 Å². The van der Waals surface area contributed by atoms with Crippen molar-refractivity contribution in [3.05, 3.63) is 63.8 Å². The Balaban J connectivity index is 1.98. The molecule has 0 aliphatic heterocycles. The molecule has 0 saturated heterocycles. The van der Waals surface area contributed by atoms with Crippen LogP contribution < -0.4 is 5.73 Å². The molecule has 0 spiro atoms. The van der Waals surface area contributed by atoms with Crippen molar-refractivity contribution in [2.45, 2.75) is 26.2 Å². The highest BCUT2D eigenvalue weighted by Crippen LogP contribution is 2.38. The maximum atomic E-state index is 6.49. The van der Waals surface area contributed by atoms with Gasteiger partial charge in [-0.2, -0.15) is 0 Å². The van der Waals surface area contributed by atoms with Crippen LogP contribution in [0.3, 0.4) is 0 Å². The first-order valence-electron chi connectivity index (χ1n) is 9.15. The molecule has 0 fully saturated rings. The van der Waals surface area contributed by atoms with E-state index in [1.807, 2.05) is 31.2 Å². The third-order valence-corrected chi connectivity index (χ3v) is 5.47. The van der Waals surface area contributed by atoms with Crippen LogP contribution in [-0.2, 0) is 6.42 Å². The van der Waals surface area contributed by atoms with E-state index in [1.165, 1.54) is 5.56 Å². The Labute approximate surface area is 168 Å². The number of fused-ring (bicyclic) bond motifs is 2. The van der Waals surface area contributed by atoms with Crippen molar-refractivity contribution in [2.75, 3.05) is 6.54 Å². The number of pyridine rings is 1. The van der Waals surface area contributed by atoms with Gasteiger partial charge in [0, 0.05) is 27.1 Å². The average molecular weight is 398 g/mol. The van der Waals surface area contributed by atoms with Gasteiger partial charge in [-0.05, 0) is 62.6 Å². The van der Waals surface area contributed by atoms with Gasteiger partial charge in [0.05, 0.1) is 21.7 Å². The second-order valence-electron chi connectivity index (χ2n) is 6.86. The van der Waals surface area contributed by atoms with Crippen molar-refractivity contribution >= 4 is 45.0 Å². The Hall–Kier alpha value is -2.07. The number of aromatic nitrogens is 2. The van der Waals surface area contributed by atoms with Gasteiger partial charge < -0.3 is 10.7 Å². The summed E-state index contributed by atoms with van der Waals surface area (Å²) >= 11 is 12.8. The quantitative estimate of drug-likeness (QED) is 0.389. The summed E-state index contributed by atoms with van der Waals surface area (Å²) in [7, 11) is 0. The second-order valence-corrected chi connectivity index (χ2v) is 7.70. The summed E-state index contributed by atoms with van der Waals surface area (Å²) in [5.41, 5.74) is 12.1. The Morgan fingerprint density at radius 2 is 1.89 bits per heavy atom. The highest BCUT2D eigenvalue weighted by molar-refractivity contribution is 6.38. The van der Waals surface area contributed by atoms with E-state index in [0.717, 1.165) is 58.0 Å². The molecular weight excluding hydrogens is 377 g/mol. The van der Waals surface area contributed by atoms with Gasteiger partial charge in [-0.25, -0.2) is 0 Å². The fourth-order valence-electron chi connectivity index (χ4n) is 3.68. The van der Waals surface area contributed by atoms with Crippen LogP contribution in [0.2, 0.25) is 10.0 Å².